The molecule has 134 valence electrons. The van der Waals surface area contributed by atoms with E-state index in [4.69, 9.17) is 5.26 Å². The normalized spacial score (nSPS) is 17.5. The fourth-order valence-corrected chi connectivity index (χ4v) is 3.47. The quantitative estimate of drug-likeness (QED) is 0.833. The van der Waals surface area contributed by atoms with E-state index in [1.54, 1.807) is 29.4 Å². The third-order valence-electron chi connectivity index (χ3n) is 4.91. The average molecular weight is 348 g/mol. The van der Waals surface area contributed by atoms with E-state index in [0.717, 1.165) is 37.9 Å². The fraction of sp³-hybridized carbons (Fsp3) is 0.381. The van der Waals surface area contributed by atoms with Crippen molar-refractivity contribution in [2.75, 3.05) is 13.6 Å². The van der Waals surface area contributed by atoms with Gasteiger partial charge in [-0.3, -0.25) is 14.7 Å². The second-order valence-corrected chi connectivity index (χ2v) is 6.84. The molecule has 1 aromatic heterocycles. The summed E-state index contributed by atoms with van der Waals surface area (Å²) >= 11 is 0. The summed E-state index contributed by atoms with van der Waals surface area (Å²) in [6, 6.07) is 13.5. The van der Waals surface area contributed by atoms with Crippen LogP contribution in [-0.2, 0) is 17.9 Å². The van der Waals surface area contributed by atoms with Gasteiger partial charge in [-0.25, -0.2) is 0 Å². The fourth-order valence-electron chi connectivity index (χ4n) is 3.47. The average Bonchev–Trinajstić information content (AvgIpc) is 2.69. The van der Waals surface area contributed by atoms with Crippen LogP contribution in [0, 0.1) is 11.3 Å². The van der Waals surface area contributed by atoms with Gasteiger partial charge in [0.15, 0.2) is 0 Å². The van der Waals surface area contributed by atoms with Crippen molar-refractivity contribution in [3.05, 3.63) is 65.5 Å². The molecule has 0 radical (unpaired) electrons. The van der Waals surface area contributed by atoms with Crippen LogP contribution in [0.2, 0.25) is 0 Å². The van der Waals surface area contributed by atoms with Gasteiger partial charge in [-0.05, 0) is 54.8 Å². The zero-order valence-corrected chi connectivity index (χ0v) is 15.1. The van der Waals surface area contributed by atoms with Gasteiger partial charge < -0.3 is 4.90 Å². The number of rotatable bonds is 5. The zero-order chi connectivity index (χ0) is 18.4. The lowest BCUT2D eigenvalue weighted by molar-refractivity contribution is -0.137. The predicted octanol–water partition coefficient (Wildman–Crippen LogP) is 2.97. The number of nitrogens with zero attached hydrogens (tertiary/aromatic N) is 4. The lowest BCUT2D eigenvalue weighted by atomic mass is 10.00. The molecular weight excluding hydrogens is 324 g/mol. The number of hydrogen-bond donors (Lipinski definition) is 0. The first-order valence-electron chi connectivity index (χ1n) is 9.04. The summed E-state index contributed by atoms with van der Waals surface area (Å²) in [4.78, 5) is 21.2. The van der Waals surface area contributed by atoms with Gasteiger partial charge in [0.25, 0.3) is 0 Å². The number of carbonyl (C=O) groups is 1. The summed E-state index contributed by atoms with van der Waals surface area (Å²) in [5, 5.41) is 8.90. The van der Waals surface area contributed by atoms with Crippen molar-refractivity contribution < 1.29 is 4.79 Å². The third kappa shape index (κ3) is 4.47. The number of likely N-dealkylation sites (tertiary alicyclic amines) is 1. The summed E-state index contributed by atoms with van der Waals surface area (Å²) in [7, 11) is 1.86. The molecule has 5 nitrogen and oxygen atoms in total. The van der Waals surface area contributed by atoms with E-state index in [2.05, 4.69) is 16.0 Å². The molecule has 0 spiro atoms. The van der Waals surface area contributed by atoms with Gasteiger partial charge in [0, 0.05) is 32.5 Å². The Morgan fingerprint density at radius 2 is 1.92 bits per heavy atom. The highest BCUT2D eigenvalue weighted by Gasteiger charge is 2.30. The van der Waals surface area contributed by atoms with Gasteiger partial charge in [0.2, 0.25) is 5.91 Å². The Balaban J connectivity index is 1.66. The highest BCUT2D eigenvalue weighted by molar-refractivity contribution is 5.81. The maximum atomic E-state index is 13.0. The first-order valence-corrected chi connectivity index (χ1v) is 9.04. The van der Waals surface area contributed by atoms with E-state index in [0.29, 0.717) is 12.1 Å². The monoisotopic (exact) mass is 348 g/mol. The highest BCUT2D eigenvalue weighted by Crippen LogP contribution is 2.21. The number of likely N-dealkylation sites (N-methyl/N-ethyl adjacent to an activating group) is 1. The molecule has 0 saturated carbocycles. The number of pyridine rings is 1. The number of carbonyl (C=O) groups excluding carboxylic acids is 1. The SMILES string of the molecule is CN(Cc1ccc(C#N)cc1)C(=O)[C@@H]1CCCCN1Cc1ccncc1. The predicted molar refractivity (Wildman–Crippen MR) is 99.9 cm³/mol. The van der Waals surface area contributed by atoms with Crippen molar-refractivity contribution in [1.82, 2.24) is 14.8 Å². The third-order valence-corrected chi connectivity index (χ3v) is 4.91. The first kappa shape index (κ1) is 18.1. The lowest BCUT2D eigenvalue weighted by Crippen LogP contribution is -2.49. The Labute approximate surface area is 154 Å². The number of amides is 1. The van der Waals surface area contributed by atoms with E-state index in [1.165, 1.54) is 5.56 Å². The zero-order valence-electron chi connectivity index (χ0n) is 15.1. The number of nitriles is 1. The van der Waals surface area contributed by atoms with Crippen LogP contribution in [0.3, 0.4) is 0 Å². The molecule has 2 aromatic rings. The van der Waals surface area contributed by atoms with Gasteiger partial charge in [-0.15, -0.1) is 0 Å². The second kappa shape index (κ2) is 8.59. The molecule has 0 unspecified atom stereocenters. The minimum absolute atomic E-state index is 0.0692. The smallest absolute Gasteiger partial charge is 0.239 e. The minimum Gasteiger partial charge on any atom is -0.340 e. The van der Waals surface area contributed by atoms with Crippen LogP contribution in [0.1, 0.15) is 36.0 Å². The van der Waals surface area contributed by atoms with Gasteiger partial charge in [-0.1, -0.05) is 18.6 Å². The molecule has 1 atom stereocenters. The number of hydrogen-bond acceptors (Lipinski definition) is 4. The van der Waals surface area contributed by atoms with Crippen molar-refractivity contribution in [3.8, 4) is 6.07 Å². The lowest BCUT2D eigenvalue weighted by Gasteiger charge is -2.36. The van der Waals surface area contributed by atoms with Crippen LogP contribution in [0.4, 0.5) is 0 Å². The van der Waals surface area contributed by atoms with E-state index in [-0.39, 0.29) is 11.9 Å². The molecule has 0 aliphatic carbocycles. The van der Waals surface area contributed by atoms with E-state index < -0.39 is 0 Å². The van der Waals surface area contributed by atoms with Crippen LogP contribution >= 0.6 is 0 Å². The Kier molecular flexibility index (Phi) is 5.98. The summed E-state index contributed by atoms with van der Waals surface area (Å²) < 4.78 is 0. The van der Waals surface area contributed by atoms with E-state index in [9.17, 15) is 4.79 Å². The molecule has 0 N–H and O–H groups in total. The van der Waals surface area contributed by atoms with Crippen molar-refractivity contribution in [2.45, 2.75) is 38.4 Å². The van der Waals surface area contributed by atoms with E-state index >= 15 is 0 Å². The van der Waals surface area contributed by atoms with E-state index in [1.807, 2.05) is 31.3 Å². The van der Waals surface area contributed by atoms with Gasteiger partial charge in [0.1, 0.15) is 0 Å². The first-order chi connectivity index (χ1) is 12.7. The summed E-state index contributed by atoms with van der Waals surface area (Å²) in [5.41, 5.74) is 2.87. The van der Waals surface area contributed by atoms with Gasteiger partial charge in [-0.2, -0.15) is 5.26 Å². The van der Waals surface area contributed by atoms with Crippen molar-refractivity contribution in [2.24, 2.45) is 0 Å². The summed E-state index contributed by atoms with van der Waals surface area (Å²) in [6.07, 6.45) is 6.73. The summed E-state index contributed by atoms with van der Waals surface area (Å²) in [5.74, 6) is 0.170. The standard InChI is InChI=1S/C21H24N4O/c1-24(15-18-7-5-17(14-22)6-8-18)21(26)20-4-2-3-13-25(20)16-19-9-11-23-12-10-19/h5-12,20H,2-4,13,15-16H2,1H3/t20-/m0/s1. The molecular formula is C21H24N4O. The van der Waals surface area contributed by atoms with Crippen LogP contribution in [0.25, 0.3) is 0 Å². The molecule has 1 amide bonds. The molecule has 0 bridgehead atoms. The largest absolute Gasteiger partial charge is 0.340 e. The Morgan fingerprint density at radius 1 is 1.19 bits per heavy atom. The second-order valence-electron chi connectivity index (χ2n) is 6.84. The Hall–Kier alpha value is -2.71. The molecule has 5 heteroatoms. The Bertz CT molecular complexity index is 767. The minimum atomic E-state index is -0.0692. The van der Waals surface area contributed by atoms with Crippen LogP contribution in [0.15, 0.2) is 48.8 Å². The molecule has 1 saturated heterocycles. The van der Waals surface area contributed by atoms with Crippen molar-refractivity contribution >= 4 is 5.91 Å². The summed E-state index contributed by atoms with van der Waals surface area (Å²) in [6.45, 7) is 2.29. The maximum Gasteiger partial charge on any atom is 0.239 e. The van der Waals surface area contributed by atoms with Crippen LogP contribution in [-0.4, -0.2) is 40.3 Å². The molecule has 2 heterocycles. The molecule has 3 rings (SSSR count). The number of aromatic nitrogens is 1. The van der Waals surface area contributed by atoms with Crippen LogP contribution in [0.5, 0.6) is 0 Å². The van der Waals surface area contributed by atoms with Crippen molar-refractivity contribution in [1.29, 1.82) is 5.26 Å². The van der Waals surface area contributed by atoms with Crippen LogP contribution < -0.4 is 0 Å². The molecule has 26 heavy (non-hydrogen) atoms. The van der Waals surface area contributed by atoms with Gasteiger partial charge >= 0.3 is 0 Å². The number of piperidine rings is 1. The number of benzene rings is 1. The topological polar surface area (TPSA) is 60.2 Å². The highest BCUT2D eigenvalue weighted by atomic mass is 16.2. The Morgan fingerprint density at radius 3 is 2.62 bits per heavy atom. The molecule has 1 fully saturated rings. The molecule has 1 aliphatic rings. The van der Waals surface area contributed by atoms with Crippen molar-refractivity contribution in [3.63, 3.8) is 0 Å². The van der Waals surface area contributed by atoms with Gasteiger partial charge in [0.05, 0.1) is 17.7 Å². The molecule has 1 aliphatic heterocycles. The molecule has 1 aromatic carbocycles. The maximum absolute atomic E-state index is 13.0.